The van der Waals surface area contributed by atoms with Crippen LogP contribution in [0.1, 0.15) is 5.69 Å². The Labute approximate surface area is 92.7 Å². The van der Waals surface area contributed by atoms with E-state index in [9.17, 15) is 10.1 Å². The number of aromatic nitrogens is 1. The number of nitro groups is 1. The minimum Gasteiger partial charge on any atom is -0.261 e. The summed E-state index contributed by atoms with van der Waals surface area (Å²) < 4.78 is 0. The first-order valence-electron chi connectivity index (χ1n) is 4.85. The standard InChI is InChI=1S/C12H10N2O2/c1-9-12(3-2-8-13-9)10-4-6-11(7-5-10)14(15)16/h2-8H,1H3. The fourth-order valence-corrected chi connectivity index (χ4v) is 1.55. The molecule has 1 heterocycles. The van der Waals surface area contributed by atoms with E-state index in [4.69, 9.17) is 0 Å². The molecule has 80 valence electrons. The highest BCUT2D eigenvalue weighted by molar-refractivity contribution is 5.66. The fourth-order valence-electron chi connectivity index (χ4n) is 1.55. The van der Waals surface area contributed by atoms with Gasteiger partial charge in [0.05, 0.1) is 4.92 Å². The largest absolute Gasteiger partial charge is 0.269 e. The van der Waals surface area contributed by atoms with Crippen molar-refractivity contribution in [1.29, 1.82) is 0 Å². The summed E-state index contributed by atoms with van der Waals surface area (Å²) >= 11 is 0. The Morgan fingerprint density at radius 1 is 1.19 bits per heavy atom. The zero-order valence-corrected chi connectivity index (χ0v) is 8.75. The summed E-state index contributed by atoms with van der Waals surface area (Å²) in [4.78, 5) is 14.3. The number of hydrogen-bond donors (Lipinski definition) is 0. The van der Waals surface area contributed by atoms with Gasteiger partial charge in [0.1, 0.15) is 0 Å². The van der Waals surface area contributed by atoms with E-state index in [2.05, 4.69) is 4.98 Å². The Balaban J connectivity index is 2.43. The molecule has 16 heavy (non-hydrogen) atoms. The number of rotatable bonds is 2. The van der Waals surface area contributed by atoms with Gasteiger partial charge < -0.3 is 0 Å². The third-order valence-electron chi connectivity index (χ3n) is 2.40. The maximum Gasteiger partial charge on any atom is 0.269 e. The quantitative estimate of drug-likeness (QED) is 0.570. The Hall–Kier alpha value is -2.23. The highest BCUT2D eigenvalue weighted by atomic mass is 16.6. The van der Waals surface area contributed by atoms with Crippen molar-refractivity contribution in [3.63, 3.8) is 0 Å². The summed E-state index contributed by atoms with van der Waals surface area (Å²) in [5.74, 6) is 0. The van der Waals surface area contributed by atoms with Gasteiger partial charge in [0.2, 0.25) is 0 Å². The molecule has 0 bridgehead atoms. The van der Waals surface area contributed by atoms with E-state index in [1.807, 2.05) is 19.1 Å². The lowest BCUT2D eigenvalue weighted by atomic mass is 10.0. The lowest BCUT2D eigenvalue weighted by Gasteiger charge is -2.03. The molecule has 0 aliphatic rings. The van der Waals surface area contributed by atoms with E-state index in [1.165, 1.54) is 12.1 Å². The monoisotopic (exact) mass is 214 g/mol. The normalized spacial score (nSPS) is 10.1. The number of benzene rings is 1. The maximum absolute atomic E-state index is 10.5. The highest BCUT2D eigenvalue weighted by Crippen LogP contribution is 2.23. The second-order valence-electron chi connectivity index (χ2n) is 3.44. The SMILES string of the molecule is Cc1ncccc1-c1ccc([N+](=O)[O-])cc1. The molecule has 0 amide bonds. The minimum atomic E-state index is -0.403. The molecule has 0 aliphatic carbocycles. The molecule has 0 saturated heterocycles. The van der Waals surface area contributed by atoms with Crippen LogP contribution in [0.4, 0.5) is 5.69 Å². The Morgan fingerprint density at radius 3 is 2.44 bits per heavy atom. The van der Waals surface area contributed by atoms with Crippen molar-refractivity contribution in [2.45, 2.75) is 6.92 Å². The van der Waals surface area contributed by atoms with Crippen LogP contribution in [0.15, 0.2) is 42.6 Å². The van der Waals surface area contributed by atoms with Gasteiger partial charge >= 0.3 is 0 Å². The number of nitrogens with zero attached hydrogens (tertiary/aromatic N) is 2. The molecule has 0 fully saturated rings. The van der Waals surface area contributed by atoms with Crippen LogP contribution in [-0.4, -0.2) is 9.91 Å². The van der Waals surface area contributed by atoms with Gasteiger partial charge in [-0.25, -0.2) is 0 Å². The first kappa shape index (κ1) is 10.3. The molecule has 2 rings (SSSR count). The van der Waals surface area contributed by atoms with Crippen molar-refractivity contribution < 1.29 is 4.92 Å². The molecule has 0 spiro atoms. The molecule has 0 unspecified atom stereocenters. The van der Waals surface area contributed by atoms with Gasteiger partial charge in [0, 0.05) is 29.6 Å². The maximum atomic E-state index is 10.5. The summed E-state index contributed by atoms with van der Waals surface area (Å²) in [5, 5.41) is 10.5. The van der Waals surface area contributed by atoms with E-state index in [1.54, 1.807) is 18.3 Å². The fraction of sp³-hybridized carbons (Fsp3) is 0.0833. The van der Waals surface area contributed by atoms with Gasteiger partial charge in [-0.2, -0.15) is 0 Å². The van der Waals surface area contributed by atoms with Crippen molar-refractivity contribution in [3.05, 3.63) is 58.4 Å². The molecule has 0 radical (unpaired) electrons. The van der Waals surface area contributed by atoms with Crippen LogP contribution >= 0.6 is 0 Å². The Bertz CT molecular complexity index is 521. The van der Waals surface area contributed by atoms with Gasteiger partial charge in [-0.3, -0.25) is 15.1 Å². The van der Waals surface area contributed by atoms with Crippen molar-refractivity contribution in [2.24, 2.45) is 0 Å². The van der Waals surface area contributed by atoms with E-state index < -0.39 is 4.92 Å². The molecule has 2 aromatic rings. The minimum absolute atomic E-state index is 0.102. The van der Waals surface area contributed by atoms with E-state index in [-0.39, 0.29) is 5.69 Å². The Morgan fingerprint density at radius 2 is 1.88 bits per heavy atom. The van der Waals surface area contributed by atoms with Crippen LogP contribution in [-0.2, 0) is 0 Å². The van der Waals surface area contributed by atoms with Crippen LogP contribution in [0, 0.1) is 17.0 Å². The van der Waals surface area contributed by atoms with Crippen molar-refractivity contribution in [3.8, 4) is 11.1 Å². The van der Waals surface area contributed by atoms with E-state index in [0.717, 1.165) is 16.8 Å². The lowest BCUT2D eigenvalue weighted by Crippen LogP contribution is -1.89. The van der Waals surface area contributed by atoms with Crippen LogP contribution in [0.2, 0.25) is 0 Å². The van der Waals surface area contributed by atoms with Crippen LogP contribution in [0.25, 0.3) is 11.1 Å². The summed E-state index contributed by atoms with van der Waals surface area (Å²) in [5.41, 5.74) is 2.95. The van der Waals surface area contributed by atoms with Crippen molar-refractivity contribution >= 4 is 5.69 Å². The van der Waals surface area contributed by atoms with Crippen molar-refractivity contribution in [2.75, 3.05) is 0 Å². The van der Waals surface area contributed by atoms with Gasteiger partial charge in [-0.15, -0.1) is 0 Å². The molecule has 0 atom stereocenters. The third kappa shape index (κ3) is 1.91. The summed E-state index contributed by atoms with van der Waals surface area (Å²) in [6.07, 6.45) is 1.73. The zero-order chi connectivity index (χ0) is 11.5. The Kier molecular flexibility index (Phi) is 2.64. The highest BCUT2D eigenvalue weighted by Gasteiger charge is 2.06. The predicted octanol–water partition coefficient (Wildman–Crippen LogP) is 2.97. The first-order chi connectivity index (χ1) is 7.68. The predicted molar refractivity (Wildman–Crippen MR) is 61.1 cm³/mol. The van der Waals surface area contributed by atoms with E-state index in [0.29, 0.717) is 0 Å². The second kappa shape index (κ2) is 4.10. The van der Waals surface area contributed by atoms with Gasteiger partial charge in [-0.1, -0.05) is 6.07 Å². The molecule has 4 heteroatoms. The second-order valence-corrected chi connectivity index (χ2v) is 3.44. The van der Waals surface area contributed by atoms with Gasteiger partial charge in [-0.05, 0) is 30.7 Å². The van der Waals surface area contributed by atoms with Gasteiger partial charge in [0.15, 0.2) is 0 Å². The number of hydrogen-bond acceptors (Lipinski definition) is 3. The molecule has 0 saturated carbocycles. The number of non-ortho nitro benzene ring substituents is 1. The molecule has 0 aliphatic heterocycles. The topological polar surface area (TPSA) is 56.0 Å². The van der Waals surface area contributed by atoms with Crippen LogP contribution in [0.5, 0.6) is 0 Å². The number of pyridine rings is 1. The van der Waals surface area contributed by atoms with Gasteiger partial charge in [0.25, 0.3) is 5.69 Å². The summed E-state index contributed by atoms with van der Waals surface area (Å²) in [6.45, 7) is 1.91. The lowest BCUT2D eigenvalue weighted by molar-refractivity contribution is -0.384. The smallest absolute Gasteiger partial charge is 0.261 e. The third-order valence-corrected chi connectivity index (χ3v) is 2.40. The molecule has 1 aromatic carbocycles. The van der Waals surface area contributed by atoms with E-state index >= 15 is 0 Å². The number of aryl methyl sites for hydroxylation is 1. The van der Waals surface area contributed by atoms with Crippen LogP contribution < -0.4 is 0 Å². The van der Waals surface area contributed by atoms with Crippen molar-refractivity contribution in [1.82, 2.24) is 4.98 Å². The molecular formula is C12H10N2O2. The summed E-state index contributed by atoms with van der Waals surface area (Å²) in [6, 6.07) is 10.3. The average Bonchev–Trinajstić information content (AvgIpc) is 2.30. The summed E-state index contributed by atoms with van der Waals surface area (Å²) in [7, 11) is 0. The molecular weight excluding hydrogens is 204 g/mol. The number of nitro benzene ring substituents is 1. The molecule has 4 nitrogen and oxygen atoms in total. The first-order valence-corrected chi connectivity index (χ1v) is 4.85. The zero-order valence-electron chi connectivity index (χ0n) is 8.75. The molecule has 0 N–H and O–H groups in total. The van der Waals surface area contributed by atoms with Crippen LogP contribution in [0.3, 0.4) is 0 Å². The average molecular weight is 214 g/mol. The molecule has 1 aromatic heterocycles.